The number of amides is 4. The van der Waals surface area contributed by atoms with E-state index in [0.717, 1.165) is 29.9 Å². The molecule has 348 valence electrons. The SMILES string of the molecule is CC(C)(C)C(=O)OCOP(=O)(OCOC(=O)C(C)(C)C)C(F)(F)c1ccc2sc(C(=O)N[C@H]3C[C@H]4C[C@H]4C[C@H]4CC[C@@H](C(=O)NC5CN(C(=O)CCC(F)(F)F)C5)N4C3=O)cc2c1. The van der Waals surface area contributed by atoms with Gasteiger partial charge in [0.1, 0.15) is 12.1 Å². The van der Waals surface area contributed by atoms with Crippen LogP contribution in [0.25, 0.3) is 10.1 Å². The molecule has 1 aliphatic carbocycles. The molecule has 0 bridgehead atoms. The topological polar surface area (TPSA) is 187 Å². The van der Waals surface area contributed by atoms with Gasteiger partial charge in [-0.05, 0) is 109 Å². The number of hydrogen-bond donors (Lipinski definition) is 2. The van der Waals surface area contributed by atoms with Crippen LogP contribution >= 0.6 is 18.9 Å². The first-order valence-electron chi connectivity index (χ1n) is 20.6. The van der Waals surface area contributed by atoms with E-state index in [0.29, 0.717) is 36.3 Å². The third kappa shape index (κ3) is 11.2. The minimum absolute atomic E-state index is 0.0493. The van der Waals surface area contributed by atoms with Gasteiger partial charge in [-0.2, -0.15) is 22.0 Å². The lowest BCUT2D eigenvalue weighted by molar-refractivity contribution is -0.163. The monoisotopic (exact) mass is 934 g/mol. The molecule has 5 atom stereocenters. The van der Waals surface area contributed by atoms with Crippen LogP contribution in [0.1, 0.15) is 102 Å². The van der Waals surface area contributed by atoms with E-state index >= 15 is 8.78 Å². The average molecular weight is 935 g/mol. The van der Waals surface area contributed by atoms with Crippen LogP contribution in [0.4, 0.5) is 22.0 Å². The maximum absolute atomic E-state index is 16.3. The van der Waals surface area contributed by atoms with Crippen molar-refractivity contribution in [2.45, 2.75) is 122 Å². The maximum atomic E-state index is 16.3. The zero-order valence-electron chi connectivity index (χ0n) is 35.7. The molecule has 63 heavy (non-hydrogen) atoms. The molecule has 6 rings (SSSR count). The second-order valence-corrected chi connectivity index (χ2v) is 21.8. The summed E-state index contributed by atoms with van der Waals surface area (Å²) >= 11 is 0.952. The second-order valence-electron chi connectivity index (χ2n) is 18.6. The summed E-state index contributed by atoms with van der Waals surface area (Å²) in [6.45, 7) is 6.78. The van der Waals surface area contributed by atoms with Crippen LogP contribution in [0.5, 0.6) is 0 Å². The fourth-order valence-electron chi connectivity index (χ4n) is 7.79. The molecule has 4 aliphatic rings. The summed E-state index contributed by atoms with van der Waals surface area (Å²) in [6, 6.07) is 1.92. The predicted octanol–water partition coefficient (Wildman–Crippen LogP) is 6.83. The Kier molecular flexibility index (Phi) is 13.8. The van der Waals surface area contributed by atoms with Crippen LogP contribution in [-0.2, 0) is 52.7 Å². The third-order valence-corrected chi connectivity index (χ3v) is 14.5. The summed E-state index contributed by atoms with van der Waals surface area (Å²) in [5, 5.41) is 5.78. The minimum atomic E-state index is -5.62. The second kappa shape index (κ2) is 18.0. The molecular weight excluding hydrogens is 882 g/mol. The number of esters is 2. The number of nitrogens with zero attached hydrogens (tertiary/aromatic N) is 2. The number of alkyl halides is 5. The van der Waals surface area contributed by atoms with E-state index < -0.39 is 116 Å². The predicted molar refractivity (Wildman–Crippen MR) is 216 cm³/mol. The Morgan fingerprint density at radius 1 is 0.825 bits per heavy atom. The van der Waals surface area contributed by atoms with Gasteiger partial charge in [0.05, 0.1) is 28.2 Å². The molecule has 15 nitrogen and oxygen atoms in total. The van der Waals surface area contributed by atoms with E-state index in [2.05, 4.69) is 10.6 Å². The summed E-state index contributed by atoms with van der Waals surface area (Å²) in [5.41, 5.74) is -7.36. The van der Waals surface area contributed by atoms with E-state index in [-0.39, 0.29) is 35.3 Å². The lowest BCUT2D eigenvalue weighted by atomic mass is 9.98. The Labute approximate surface area is 364 Å². The largest absolute Gasteiger partial charge is 0.438 e. The van der Waals surface area contributed by atoms with E-state index in [1.807, 2.05) is 0 Å². The number of likely N-dealkylation sites (tertiary alicyclic amines) is 1. The number of carbonyl (C=O) groups excluding carboxylic acids is 6. The van der Waals surface area contributed by atoms with Gasteiger partial charge in [-0.15, -0.1) is 11.3 Å². The third-order valence-electron chi connectivity index (χ3n) is 11.5. The normalized spacial score (nSPS) is 23.2. The van der Waals surface area contributed by atoms with Gasteiger partial charge in [0.25, 0.3) is 5.91 Å². The van der Waals surface area contributed by atoms with Crippen molar-refractivity contribution in [2.75, 3.05) is 26.7 Å². The fourth-order valence-corrected chi connectivity index (χ4v) is 9.97. The van der Waals surface area contributed by atoms with Gasteiger partial charge in [0, 0.05) is 35.8 Å². The van der Waals surface area contributed by atoms with Gasteiger partial charge in [-0.1, -0.05) is 6.07 Å². The van der Waals surface area contributed by atoms with Crippen molar-refractivity contribution in [3.05, 3.63) is 34.7 Å². The summed E-state index contributed by atoms with van der Waals surface area (Å²) in [5.74, 6) is -3.45. The van der Waals surface area contributed by atoms with Crippen LogP contribution in [0.2, 0.25) is 0 Å². The fraction of sp³-hybridized carbons (Fsp3) is 0.659. The quantitative estimate of drug-likeness (QED) is 0.0876. The molecule has 2 aromatic rings. The molecule has 4 heterocycles. The molecule has 1 aromatic heterocycles. The van der Waals surface area contributed by atoms with Crippen molar-refractivity contribution in [3.63, 3.8) is 0 Å². The molecule has 3 aliphatic heterocycles. The molecule has 1 saturated carbocycles. The Hall–Kier alpha value is -4.20. The summed E-state index contributed by atoms with van der Waals surface area (Å²) < 4.78 is 104. The smallest absolute Gasteiger partial charge is 0.410 e. The summed E-state index contributed by atoms with van der Waals surface area (Å²) in [6.07, 6.45) is -3.62. The van der Waals surface area contributed by atoms with Gasteiger partial charge in [0.15, 0.2) is 0 Å². The lowest BCUT2D eigenvalue weighted by Crippen LogP contribution is -2.64. The molecule has 4 amide bonds. The summed E-state index contributed by atoms with van der Waals surface area (Å²) in [7, 11) is -5.62. The van der Waals surface area contributed by atoms with Gasteiger partial charge in [-0.25, -0.2) is 0 Å². The lowest BCUT2D eigenvalue weighted by Gasteiger charge is -2.41. The summed E-state index contributed by atoms with van der Waals surface area (Å²) in [4.78, 5) is 81.1. The zero-order valence-corrected chi connectivity index (χ0v) is 37.4. The number of halogens is 5. The Morgan fingerprint density at radius 2 is 1.43 bits per heavy atom. The molecule has 0 unspecified atom stereocenters. The highest BCUT2D eigenvalue weighted by Gasteiger charge is 2.56. The molecule has 2 N–H and O–H groups in total. The molecule has 0 radical (unpaired) electrons. The van der Waals surface area contributed by atoms with Crippen molar-refractivity contribution in [1.29, 1.82) is 0 Å². The first-order valence-corrected chi connectivity index (χ1v) is 23.0. The highest BCUT2D eigenvalue weighted by atomic mass is 32.1. The molecular formula is C41H52F5N4O11PS. The molecule has 22 heteroatoms. The van der Waals surface area contributed by atoms with E-state index in [1.165, 1.54) is 63.5 Å². The number of hydrogen-bond acceptors (Lipinski definition) is 12. The van der Waals surface area contributed by atoms with Crippen molar-refractivity contribution in [1.82, 2.24) is 20.4 Å². The van der Waals surface area contributed by atoms with Crippen LogP contribution in [0.15, 0.2) is 24.3 Å². The Morgan fingerprint density at radius 3 is 2.02 bits per heavy atom. The van der Waals surface area contributed by atoms with Crippen LogP contribution in [0.3, 0.4) is 0 Å². The first-order chi connectivity index (χ1) is 29.2. The molecule has 3 saturated heterocycles. The van der Waals surface area contributed by atoms with Gasteiger partial charge in [0.2, 0.25) is 31.3 Å². The zero-order chi connectivity index (χ0) is 46.4. The van der Waals surface area contributed by atoms with Crippen molar-refractivity contribution < 1.29 is 73.8 Å². The van der Waals surface area contributed by atoms with Gasteiger partial charge < -0.3 is 29.9 Å². The highest BCUT2D eigenvalue weighted by Crippen LogP contribution is 2.67. The van der Waals surface area contributed by atoms with Crippen LogP contribution in [-0.4, -0.2) is 102 Å². The van der Waals surface area contributed by atoms with Crippen molar-refractivity contribution in [2.24, 2.45) is 22.7 Å². The molecule has 4 fully saturated rings. The van der Waals surface area contributed by atoms with E-state index in [9.17, 15) is 46.5 Å². The van der Waals surface area contributed by atoms with Gasteiger partial charge >= 0.3 is 31.4 Å². The number of fused-ring (bicyclic) bond motifs is 3. The van der Waals surface area contributed by atoms with Crippen molar-refractivity contribution in [3.8, 4) is 0 Å². The standard InChI is InChI=1S/C41H52F5N4O11PS/c1-38(2,3)36(55)58-20-60-62(57,61-21-59-37(56)39(4,5)6)41(45,46)25-7-10-30-24(14-25)17-31(63-30)34(53)48-28-16-23-13-22(23)15-27-8-9-29(50(27)35(28)54)33(52)47-26-18-49(19-26)32(51)11-12-40(42,43)44/h7,10,14,17,22-23,26-29H,8-9,11-13,15-16,18-21H2,1-6H3,(H,47,52)(H,48,53)/t22-,23+,27+,28-,29-/m0/s1. The number of ether oxygens (including phenoxy) is 2. The molecule has 1 aromatic carbocycles. The highest BCUT2D eigenvalue weighted by molar-refractivity contribution is 7.54. The van der Waals surface area contributed by atoms with Gasteiger partial charge in [-0.3, -0.25) is 42.4 Å². The number of rotatable bonds is 14. The van der Waals surface area contributed by atoms with Crippen LogP contribution in [0, 0.1) is 22.7 Å². The van der Waals surface area contributed by atoms with E-state index in [1.54, 1.807) is 0 Å². The number of benzene rings is 1. The minimum Gasteiger partial charge on any atom is -0.438 e. The Bertz CT molecular complexity index is 2130. The van der Waals surface area contributed by atoms with Crippen LogP contribution < -0.4 is 10.6 Å². The number of carbonyl (C=O) groups is 6. The average Bonchev–Trinajstić information content (AvgIpc) is 3.51. The molecule has 0 spiro atoms. The van der Waals surface area contributed by atoms with E-state index in [4.69, 9.17) is 18.5 Å². The maximum Gasteiger partial charge on any atom is 0.410 e. The number of thiophene rings is 1. The number of nitrogens with one attached hydrogen (secondary N) is 2. The Balaban J connectivity index is 1.14. The first kappa shape index (κ1) is 48.3. The van der Waals surface area contributed by atoms with Crippen molar-refractivity contribution >= 4 is 64.6 Å².